The Labute approximate surface area is 182 Å². The van der Waals surface area contributed by atoms with Crippen molar-refractivity contribution in [1.29, 1.82) is 0 Å². The molecule has 0 bridgehead atoms. The average Bonchev–Trinajstić information content (AvgIpc) is 2.80. The zero-order valence-corrected chi connectivity index (χ0v) is 17.9. The van der Waals surface area contributed by atoms with Gasteiger partial charge in [0.2, 0.25) is 5.95 Å². The van der Waals surface area contributed by atoms with Crippen LogP contribution in [0.5, 0.6) is 5.75 Å². The summed E-state index contributed by atoms with van der Waals surface area (Å²) in [5.41, 5.74) is 2.56. The summed E-state index contributed by atoms with van der Waals surface area (Å²) in [6, 6.07) is 19.2. The van der Waals surface area contributed by atoms with Crippen molar-refractivity contribution in [2.24, 2.45) is 0 Å². The van der Waals surface area contributed by atoms with Gasteiger partial charge in [-0.25, -0.2) is 4.98 Å². The fraction of sp³-hybridized carbons (Fsp3) is 0.292. The Bertz CT molecular complexity index is 1020. The molecule has 0 saturated carbocycles. The molecule has 1 fully saturated rings. The molecule has 7 nitrogen and oxygen atoms in total. The summed E-state index contributed by atoms with van der Waals surface area (Å²) >= 11 is 0. The van der Waals surface area contributed by atoms with E-state index >= 15 is 0 Å². The Morgan fingerprint density at radius 3 is 2.39 bits per heavy atom. The van der Waals surface area contributed by atoms with Gasteiger partial charge in [-0.3, -0.25) is 4.79 Å². The molecule has 0 spiro atoms. The summed E-state index contributed by atoms with van der Waals surface area (Å²) in [5.74, 6) is 2.27. The number of para-hydroxylation sites is 1. The number of hydrogen-bond acceptors (Lipinski definition) is 6. The first-order valence-corrected chi connectivity index (χ1v) is 10.6. The first kappa shape index (κ1) is 20.7. The molecule has 0 unspecified atom stereocenters. The van der Waals surface area contributed by atoms with Gasteiger partial charge in [-0.1, -0.05) is 18.2 Å². The highest BCUT2D eigenvalue weighted by atomic mass is 16.5. The van der Waals surface area contributed by atoms with Crippen LogP contribution in [0, 0.1) is 6.92 Å². The number of carbonyl (C=O) groups is 1. The third-order valence-corrected chi connectivity index (χ3v) is 5.15. The van der Waals surface area contributed by atoms with Crippen molar-refractivity contribution in [2.75, 3.05) is 43.0 Å². The molecule has 1 aliphatic heterocycles. The molecule has 3 aromatic rings. The van der Waals surface area contributed by atoms with Crippen LogP contribution in [0.4, 0.5) is 17.5 Å². The third kappa shape index (κ3) is 5.12. The molecule has 0 radical (unpaired) electrons. The Hall–Kier alpha value is -3.61. The summed E-state index contributed by atoms with van der Waals surface area (Å²) in [7, 11) is 0. The summed E-state index contributed by atoms with van der Waals surface area (Å²) in [6.07, 6.45) is 0. The van der Waals surface area contributed by atoms with Crippen molar-refractivity contribution in [3.8, 4) is 5.75 Å². The smallest absolute Gasteiger partial charge is 0.253 e. The van der Waals surface area contributed by atoms with E-state index in [0.29, 0.717) is 44.3 Å². The maximum atomic E-state index is 12.8. The summed E-state index contributed by atoms with van der Waals surface area (Å²) in [5, 5.41) is 3.33. The lowest BCUT2D eigenvalue weighted by molar-refractivity contribution is 0.0746. The van der Waals surface area contributed by atoms with E-state index in [1.807, 2.05) is 79.4 Å². The second kappa shape index (κ2) is 9.47. The van der Waals surface area contributed by atoms with Crippen molar-refractivity contribution in [3.63, 3.8) is 0 Å². The van der Waals surface area contributed by atoms with E-state index in [1.165, 1.54) is 0 Å². The molecule has 0 atom stereocenters. The van der Waals surface area contributed by atoms with Gasteiger partial charge in [0, 0.05) is 49.2 Å². The highest BCUT2D eigenvalue weighted by Crippen LogP contribution is 2.20. The van der Waals surface area contributed by atoms with Crippen LogP contribution in [0.25, 0.3) is 0 Å². The molecule has 31 heavy (non-hydrogen) atoms. The number of nitrogens with one attached hydrogen (secondary N) is 1. The van der Waals surface area contributed by atoms with Crippen LogP contribution < -0.4 is 15.0 Å². The largest absolute Gasteiger partial charge is 0.494 e. The minimum Gasteiger partial charge on any atom is -0.494 e. The normalized spacial score (nSPS) is 13.7. The maximum Gasteiger partial charge on any atom is 0.253 e. The number of amides is 1. The first-order valence-electron chi connectivity index (χ1n) is 10.6. The van der Waals surface area contributed by atoms with Gasteiger partial charge in [-0.05, 0) is 50.2 Å². The van der Waals surface area contributed by atoms with Gasteiger partial charge in [0.25, 0.3) is 5.91 Å². The van der Waals surface area contributed by atoms with Crippen molar-refractivity contribution in [2.45, 2.75) is 13.8 Å². The fourth-order valence-electron chi connectivity index (χ4n) is 3.58. The van der Waals surface area contributed by atoms with Crippen LogP contribution in [0.2, 0.25) is 0 Å². The molecular weight excluding hydrogens is 390 g/mol. The Morgan fingerprint density at radius 2 is 1.71 bits per heavy atom. The predicted octanol–water partition coefficient (Wildman–Crippen LogP) is 3.89. The Morgan fingerprint density at radius 1 is 1.00 bits per heavy atom. The first-order chi connectivity index (χ1) is 15.1. The molecule has 2 heterocycles. The molecule has 1 aliphatic rings. The maximum absolute atomic E-state index is 12.8. The molecule has 1 aromatic heterocycles. The SMILES string of the molecule is CCOc1ccc(C(=O)N2CCN(c3nc(C)cc(Nc4ccccc4)n3)CC2)cc1. The summed E-state index contributed by atoms with van der Waals surface area (Å²) in [6.45, 7) is 7.16. The number of benzene rings is 2. The van der Waals surface area contributed by atoms with Gasteiger partial charge in [-0.2, -0.15) is 4.98 Å². The molecule has 0 aliphatic carbocycles. The number of ether oxygens (including phenoxy) is 1. The van der Waals surface area contributed by atoms with E-state index in [0.717, 1.165) is 22.9 Å². The standard InChI is InChI=1S/C24H27N5O2/c1-3-31-21-11-9-19(10-12-21)23(30)28-13-15-29(16-14-28)24-25-18(2)17-22(27-24)26-20-7-5-4-6-8-20/h4-12,17H,3,13-16H2,1-2H3,(H,25,26,27). The van der Waals surface area contributed by atoms with Crippen molar-refractivity contribution < 1.29 is 9.53 Å². The van der Waals surface area contributed by atoms with E-state index in [2.05, 4.69) is 15.2 Å². The van der Waals surface area contributed by atoms with E-state index < -0.39 is 0 Å². The molecule has 4 rings (SSSR count). The minimum atomic E-state index is 0.0410. The van der Waals surface area contributed by atoms with E-state index in [-0.39, 0.29) is 5.91 Å². The van der Waals surface area contributed by atoms with E-state index in [1.54, 1.807) is 0 Å². The van der Waals surface area contributed by atoms with Crippen molar-refractivity contribution in [1.82, 2.24) is 14.9 Å². The Kier molecular flexibility index (Phi) is 6.31. The van der Waals surface area contributed by atoms with E-state index in [9.17, 15) is 4.79 Å². The topological polar surface area (TPSA) is 70.6 Å². The zero-order chi connectivity index (χ0) is 21.6. The average molecular weight is 418 g/mol. The number of piperazine rings is 1. The molecule has 2 aromatic carbocycles. The van der Waals surface area contributed by atoms with Crippen molar-refractivity contribution >= 4 is 23.4 Å². The number of nitrogens with zero attached hydrogens (tertiary/aromatic N) is 4. The lowest BCUT2D eigenvalue weighted by atomic mass is 10.1. The van der Waals surface area contributed by atoms with Crippen LogP contribution >= 0.6 is 0 Å². The van der Waals surface area contributed by atoms with Crippen LogP contribution in [-0.2, 0) is 0 Å². The summed E-state index contributed by atoms with van der Waals surface area (Å²) < 4.78 is 5.46. The molecule has 7 heteroatoms. The second-order valence-corrected chi connectivity index (χ2v) is 7.42. The number of rotatable bonds is 6. The van der Waals surface area contributed by atoms with Gasteiger partial charge in [0.05, 0.1) is 6.61 Å². The lowest BCUT2D eigenvalue weighted by Gasteiger charge is -2.35. The second-order valence-electron chi connectivity index (χ2n) is 7.42. The van der Waals surface area contributed by atoms with Gasteiger partial charge in [0.15, 0.2) is 0 Å². The van der Waals surface area contributed by atoms with Crippen LogP contribution in [-0.4, -0.2) is 53.6 Å². The quantitative estimate of drug-likeness (QED) is 0.656. The van der Waals surface area contributed by atoms with Gasteiger partial charge in [0.1, 0.15) is 11.6 Å². The van der Waals surface area contributed by atoms with Gasteiger partial charge < -0.3 is 19.9 Å². The molecule has 1 amide bonds. The number of anilines is 3. The van der Waals surface area contributed by atoms with Crippen LogP contribution in [0.3, 0.4) is 0 Å². The van der Waals surface area contributed by atoms with Crippen molar-refractivity contribution in [3.05, 3.63) is 71.9 Å². The summed E-state index contributed by atoms with van der Waals surface area (Å²) in [4.78, 5) is 26.2. The minimum absolute atomic E-state index is 0.0410. The number of carbonyl (C=O) groups excluding carboxylic acids is 1. The van der Waals surface area contributed by atoms with Crippen LogP contribution in [0.15, 0.2) is 60.7 Å². The monoisotopic (exact) mass is 417 g/mol. The van der Waals surface area contributed by atoms with Crippen LogP contribution in [0.1, 0.15) is 23.0 Å². The zero-order valence-electron chi connectivity index (χ0n) is 17.9. The third-order valence-electron chi connectivity index (χ3n) is 5.15. The molecule has 160 valence electrons. The van der Waals surface area contributed by atoms with Gasteiger partial charge >= 0.3 is 0 Å². The molecule has 1 N–H and O–H groups in total. The highest BCUT2D eigenvalue weighted by molar-refractivity contribution is 5.94. The van der Waals surface area contributed by atoms with Gasteiger partial charge in [-0.15, -0.1) is 0 Å². The fourth-order valence-corrected chi connectivity index (χ4v) is 3.58. The molecule has 1 saturated heterocycles. The predicted molar refractivity (Wildman–Crippen MR) is 122 cm³/mol. The number of aryl methyl sites for hydroxylation is 1. The number of hydrogen-bond donors (Lipinski definition) is 1. The van der Waals surface area contributed by atoms with E-state index in [4.69, 9.17) is 9.72 Å². The number of aromatic nitrogens is 2. The lowest BCUT2D eigenvalue weighted by Crippen LogP contribution is -2.49. The molecular formula is C24H27N5O2. The Balaban J connectivity index is 1.39. The highest BCUT2D eigenvalue weighted by Gasteiger charge is 2.24.